The second kappa shape index (κ2) is 11.2. The fourth-order valence-electron chi connectivity index (χ4n) is 4.83. The molecule has 30 heavy (non-hydrogen) atoms. The van der Waals surface area contributed by atoms with E-state index in [-0.39, 0.29) is 30.9 Å². The number of rotatable bonds is 2. The Morgan fingerprint density at radius 3 is 2.47 bits per heavy atom. The molecule has 176 valence electrons. The van der Waals surface area contributed by atoms with Gasteiger partial charge in [0.1, 0.15) is 12.2 Å². The first kappa shape index (κ1) is 25.5. The molecule has 0 aliphatic carbocycles. The average Bonchev–Trinajstić information content (AvgIpc) is 2.60. The van der Waals surface area contributed by atoms with Gasteiger partial charge >= 0.3 is 5.97 Å². The molecule has 2 aliphatic heterocycles. The number of nitrogens with zero attached hydrogens (tertiary/aromatic N) is 1. The Hall–Kier alpha value is -0.730. The van der Waals surface area contributed by atoms with Gasteiger partial charge < -0.3 is 29.3 Å². The molecule has 7 heteroatoms. The number of aliphatic hydroxyl groups is 2. The van der Waals surface area contributed by atoms with Gasteiger partial charge in [0.15, 0.2) is 6.29 Å². The van der Waals surface area contributed by atoms with Crippen molar-refractivity contribution in [1.82, 2.24) is 4.90 Å². The van der Waals surface area contributed by atoms with Gasteiger partial charge in [0.2, 0.25) is 0 Å². The summed E-state index contributed by atoms with van der Waals surface area (Å²) in [5, 5.41) is 21.2. The highest BCUT2D eigenvalue weighted by atomic mass is 16.7. The summed E-state index contributed by atoms with van der Waals surface area (Å²) >= 11 is 0. The van der Waals surface area contributed by atoms with Crippen molar-refractivity contribution in [2.75, 3.05) is 26.7 Å². The van der Waals surface area contributed by atoms with Gasteiger partial charge in [-0.2, -0.15) is 0 Å². The molecule has 0 saturated carbocycles. The summed E-state index contributed by atoms with van der Waals surface area (Å²) in [5.41, 5.74) is -1.14. The summed E-state index contributed by atoms with van der Waals surface area (Å²) < 4.78 is 17.7. The zero-order valence-electron chi connectivity index (χ0n) is 19.7. The van der Waals surface area contributed by atoms with Gasteiger partial charge in [0.25, 0.3) is 0 Å². The fraction of sp³-hybridized carbons (Fsp3) is 0.957. The fourth-order valence-corrected chi connectivity index (χ4v) is 4.83. The number of β-amino-alcohol motifs (C(OH)–C–C–N with tert-alkyl or cyclic N) is 1. The van der Waals surface area contributed by atoms with E-state index in [9.17, 15) is 15.0 Å². The molecule has 0 amide bonds. The minimum absolute atomic E-state index is 0.0573. The quantitative estimate of drug-likeness (QED) is 0.652. The van der Waals surface area contributed by atoms with E-state index in [0.717, 1.165) is 19.4 Å². The summed E-state index contributed by atoms with van der Waals surface area (Å²) in [6.45, 7) is 10.9. The van der Waals surface area contributed by atoms with Crippen molar-refractivity contribution < 1.29 is 29.2 Å². The molecule has 0 aromatic rings. The summed E-state index contributed by atoms with van der Waals surface area (Å²) in [5.74, 6) is -0.119. The van der Waals surface area contributed by atoms with E-state index in [4.69, 9.17) is 14.2 Å². The maximum absolute atomic E-state index is 12.7. The number of cyclic esters (lactones) is 1. The lowest BCUT2D eigenvalue weighted by Gasteiger charge is -2.36. The van der Waals surface area contributed by atoms with Gasteiger partial charge in [-0.3, -0.25) is 4.79 Å². The molecule has 2 aliphatic rings. The molecule has 2 rings (SSSR count). The number of likely N-dealkylation sites (N-methyl/N-ethyl adjacent to an activating group) is 1. The highest BCUT2D eigenvalue weighted by Gasteiger charge is 2.34. The lowest BCUT2D eigenvalue weighted by Crippen LogP contribution is -2.46. The molecular weight excluding hydrogens is 386 g/mol. The highest BCUT2D eigenvalue weighted by molar-refractivity contribution is 5.72. The predicted molar refractivity (Wildman–Crippen MR) is 115 cm³/mol. The van der Waals surface area contributed by atoms with Crippen LogP contribution < -0.4 is 0 Å². The van der Waals surface area contributed by atoms with Gasteiger partial charge in [-0.25, -0.2) is 0 Å². The zero-order chi connectivity index (χ0) is 22.5. The van der Waals surface area contributed by atoms with Crippen LogP contribution >= 0.6 is 0 Å². The Kier molecular flexibility index (Phi) is 9.56. The van der Waals surface area contributed by atoms with E-state index in [0.29, 0.717) is 31.7 Å². The topological polar surface area (TPSA) is 88.5 Å². The first-order valence-electron chi connectivity index (χ1n) is 11.5. The second-order valence-corrected chi connectivity index (χ2v) is 10.3. The second-order valence-electron chi connectivity index (χ2n) is 10.3. The lowest BCUT2D eigenvalue weighted by molar-refractivity contribution is -0.231. The SMILES string of the molecule is CC1CC(C)O[C@@H](O[C@H]2CCC(O)C[C@@H](C)CN(C)C[C@](C)(O)COC(=O)C2C)C1. The van der Waals surface area contributed by atoms with E-state index in [1.54, 1.807) is 13.8 Å². The number of hydrogen-bond acceptors (Lipinski definition) is 7. The first-order chi connectivity index (χ1) is 13.9. The molecule has 7 nitrogen and oxygen atoms in total. The van der Waals surface area contributed by atoms with E-state index < -0.39 is 23.7 Å². The van der Waals surface area contributed by atoms with Gasteiger partial charge in [0.05, 0.1) is 24.2 Å². The molecule has 0 aromatic heterocycles. The molecule has 0 bridgehead atoms. The van der Waals surface area contributed by atoms with Crippen LogP contribution in [-0.2, 0) is 19.0 Å². The van der Waals surface area contributed by atoms with Crippen molar-refractivity contribution in [3.8, 4) is 0 Å². The Morgan fingerprint density at radius 1 is 1.10 bits per heavy atom. The molecule has 0 aromatic carbocycles. The van der Waals surface area contributed by atoms with Crippen molar-refractivity contribution in [1.29, 1.82) is 0 Å². The van der Waals surface area contributed by atoms with Crippen molar-refractivity contribution in [2.45, 2.75) is 96.9 Å². The number of carbonyl (C=O) groups is 1. The molecule has 2 fully saturated rings. The summed E-state index contributed by atoms with van der Waals surface area (Å²) in [7, 11) is 1.93. The molecule has 2 saturated heterocycles. The maximum atomic E-state index is 12.7. The van der Waals surface area contributed by atoms with Gasteiger partial charge in [-0.1, -0.05) is 13.8 Å². The minimum Gasteiger partial charge on any atom is -0.462 e. The smallest absolute Gasteiger partial charge is 0.311 e. The van der Waals surface area contributed by atoms with Gasteiger partial charge in [-0.15, -0.1) is 0 Å². The Labute approximate surface area is 182 Å². The summed E-state index contributed by atoms with van der Waals surface area (Å²) in [4.78, 5) is 14.8. The lowest BCUT2D eigenvalue weighted by atomic mass is 9.93. The predicted octanol–water partition coefficient (Wildman–Crippen LogP) is 2.58. The standard InChI is InChI=1S/C23H43NO6/c1-15-9-17(3)29-21(11-15)30-20-8-7-19(25)10-16(2)12-24(6)13-23(5,27)14-28-22(26)18(20)4/h15-21,25,27H,7-14H2,1-6H3/t15?,16-,17?,18?,19?,20+,21+,23+/m1/s1. The third-order valence-corrected chi connectivity index (χ3v) is 6.19. The molecular formula is C23H43NO6. The van der Waals surface area contributed by atoms with Crippen LogP contribution in [0.3, 0.4) is 0 Å². The van der Waals surface area contributed by atoms with Crippen molar-refractivity contribution in [3.05, 3.63) is 0 Å². The number of carbonyl (C=O) groups excluding carboxylic acids is 1. The Bertz CT molecular complexity index is 532. The number of ether oxygens (including phenoxy) is 3. The van der Waals surface area contributed by atoms with Crippen LogP contribution in [0.2, 0.25) is 0 Å². The monoisotopic (exact) mass is 429 g/mol. The zero-order valence-corrected chi connectivity index (χ0v) is 19.7. The number of aliphatic hydroxyl groups excluding tert-OH is 1. The highest BCUT2D eigenvalue weighted by Crippen LogP contribution is 2.29. The van der Waals surface area contributed by atoms with E-state index in [1.165, 1.54) is 0 Å². The Morgan fingerprint density at radius 2 is 1.80 bits per heavy atom. The molecule has 4 unspecified atom stereocenters. The van der Waals surface area contributed by atoms with Crippen LogP contribution in [0.15, 0.2) is 0 Å². The summed E-state index contributed by atoms with van der Waals surface area (Å²) in [6, 6.07) is 0. The third-order valence-electron chi connectivity index (χ3n) is 6.19. The van der Waals surface area contributed by atoms with Crippen molar-refractivity contribution in [3.63, 3.8) is 0 Å². The van der Waals surface area contributed by atoms with Crippen molar-refractivity contribution in [2.24, 2.45) is 17.8 Å². The third kappa shape index (κ3) is 8.42. The Balaban J connectivity index is 2.11. The molecule has 8 atom stereocenters. The van der Waals surface area contributed by atoms with E-state index >= 15 is 0 Å². The molecule has 2 N–H and O–H groups in total. The number of hydrogen-bond donors (Lipinski definition) is 2. The average molecular weight is 430 g/mol. The van der Waals surface area contributed by atoms with Gasteiger partial charge in [-0.05, 0) is 65.3 Å². The van der Waals surface area contributed by atoms with Crippen LogP contribution in [0, 0.1) is 17.8 Å². The van der Waals surface area contributed by atoms with Crippen LogP contribution in [0.5, 0.6) is 0 Å². The first-order valence-corrected chi connectivity index (χ1v) is 11.5. The molecule has 0 spiro atoms. The molecule has 0 radical (unpaired) electrons. The normalized spacial score (nSPS) is 43.6. The van der Waals surface area contributed by atoms with Crippen molar-refractivity contribution >= 4 is 5.97 Å². The van der Waals surface area contributed by atoms with Crippen LogP contribution in [0.25, 0.3) is 0 Å². The van der Waals surface area contributed by atoms with Crippen LogP contribution in [-0.4, -0.2) is 78.0 Å². The van der Waals surface area contributed by atoms with E-state index in [2.05, 4.69) is 13.8 Å². The largest absolute Gasteiger partial charge is 0.462 e. The van der Waals surface area contributed by atoms with Crippen LogP contribution in [0.1, 0.15) is 66.7 Å². The maximum Gasteiger partial charge on any atom is 0.311 e. The summed E-state index contributed by atoms with van der Waals surface area (Å²) in [6.07, 6.45) is 2.49. The molecule has 2 heterocycles. The number of esters is 1. The van der Waals surface area contributed by atoms with Gasteiger partial charge in [0, 0.05) is 19.5 Å². The van der Waals surface area contributed by atoms with E-state index in [1.807, 2.05) is 18.9 Å². The van der Waals surface area contributed by atoms with Crippen LogP contribution in [0.4, 0.5) is 0 Å². The minimum atomic E-state index is -1.14.